The first kappa shape index (κ1) is 23.2. The molecule has 5 nitrogen and oxygen atoms in total. The van der Waals surface area contributed by atoms with E-state index in [0.29, 0.717) is 13.1 Å². The lowest BCUT2D eigenvalue weighted by Gasteiger charge is -2.21. The molecule has 0 fully saturated rings. The molecule has 0 radical (unpaired) electrons. The molecule has 32 heavy (non-hydrogen) atoms. The molecule has 0 spiro atoms. The minimum absolute atomic E-state index is 0.132. The molecule has 0 aliphatic carbocycles. The first-order valence-electron chi connectivity index (χ1n) is 11.1. The molecule has 0 bridgehead atoms. The van der Waals surface area contributed by atoms with Crippen LogP contribution >= 0.6 is 0 Å². The molecule has 0 heterocycles. The molecular weight excluding hydrogens is 396 g/mol. The van der Waals surface area contributed by atoms with Crippen LogP contribution in [0.5, 0.6) is 0 Å². The molecule has 0 saturated heterocycles. The van der Waals surface area contributed by atoms with Crippen molar-refractivity contribution in [1.29, 1.82) is 0 Å². The number of rotatable bonds is 11. The standard InChI is InChI=1S/C27H32N4O/c1-3-31(4-2)26-17-15-23(16-18-26)19-28-29-27(32)22-30(20-24-11-7-5-8-12-24)21-25-13-9-6-10-14-25/h5-19H,3-4,20-22H2,1-2H3,(H,29,32)/b28-19+. The van der Waals surface area contributed by atoms with Crippen molar-refractivity contribution in [2.24, 2.45) is 5.10 Å². The molecule has 166 valence electrons. The summed E-state index contributed by atoms with van der Waals surface area (Å²) in [5.41, 5.74) is 7.16. The number of amides is 1. The van der Waals surface area contributed by atoms with Crippen molar-refractivity contribution in [3.8, 4) is 0 Å². The predicted molar refractivity (Wildman–Crippen MR) is 133 cm³/mol. The molecule has 0 aliphatic rings. The van der Waals surface area contributed by atoms with Gasteiger partial charge in [0.05, 0.1) is 12.8 Å². The number of nitrogens with one attached hydrogen (secondary N) is 1. The first-order chi connectivity index (χ1) is 15.7. The molecule has 1 amide bonds. The maximum Gasteiger partial charge on any atom is 0.254 e. The van der Waals surface area contributed by atoms with E-state index < -0.39 is 0 Å². The van der Waals surface area contributed by atoms with Gasteiger partial charge in [-0.3, -0.25) is 9.69 Å². The van der Waals surface area contributed by atoms with Gasteiger partial charge in [0.15, 0.2) is 0 Å². The fourth-order valence-corrected chi connectivity index (χ4v) is 3.63. The van der Waals surface area contributed by atoms with E-state index in [0.717, 1.165) is 18.7 Å². The summed E-state index contributed by atoms with van der Waals surface area (Å²) >= 11 is 0. The van der Waals surface area contributed by atoms with Crippen LogP contribution in [-0.2, 0) is 17.9 Å². The van der Waals surface area contributed by atoms with E-state index in [4.69, 9.17) is 0 Å². The highest BCUT2D eigenvalue weighted by Crippen LogP contribution is 2.14. The third kappa shape index (κ3) is 7.36. The number of hydrogen-bond acceptors (Lipinski definition) is 4. The van der Waals surface area contributed by atoms with Crippen LogP contribution in [0.15, 0.2) is 90.0 Å². The van der Waals surface area contributed by atoms with Gasteiger partial charge < -0.3 is 4.90 Å². The predicted octanol–water partition coefficient (Wildman–Crippen LogP) is 4.69. The van der Waals surface area contributed by atoms with Crippen molar-refractivity contribution < 1.29 is 4.79 Å². The van der Waals surface area contributed by atoms with Gasteiger partial charge in [0, 0.05) is 31.9 Å². The molecule has 3 aromatic rings. The van der Waals surface area contributed by atoms with Gasteiger partial charge in [0.25, 0.3) is 5.91 Å². The maximum atomic E-state index is 12.6. The number of anilines is 1. The number of carbonyl (C=O) groups is 1. The monoisotopic (exact) mass is 428 g/mol. The number of hydrogen-bond donors (Lipinski definition) is 1. The lowest BCUT2D eigenvalue weighted by Crippen LogP contribution is -2.34. The largest absolute Gasteiger partial charge is 0.372 e. The van der Waals surface area contributed by atoms with Crippen LogP contribution in [-0.4, -0.2) is 36.7 Å². The Balaban J connectivity index is 1.58. The molecule has 3 rings (SSSR count). The number of nitrogens with zero attached hydrogens (tertiary/aromatic N) is 3. The van der Waals surface area contributed by atoms with Gasteiger partial charge in [-0.25, -0.2) is 5.43 Å². The zero-order valence-electron chi connectivity index (χ0n) is 18.9. The summed E-state index contributed by atoms with van der Waals surface area (Å²) in [6.07, 6.45) is 1.68. The third-order valence-corrected chi connectivity index (χ3v) is 5.29. The minimum atomic E-state index is -0.132. The van der Waals surface area contributed by atoms with Gasteiger partial charge in [-0.2, -0.15) is 5.10 Å². The fraction of sp³-hybridized carbons (Fsp3) is 0.259. The van der Waals surface area contributed by atoms with E-state index >= 15 is 0 Å². The highest BCUT2D eigenvalue weighted by Gasteiger charge is 2.12. The molecule has 0 aliphatic heterocycles. The second kappa shape index (κ2) is 12.4. The lowest BCUT2D eigenvalue weighted by molar-refractivity contribution is -0.122. The van der Waals surface area contributed by atoms with Crippen LogP contribution in [0.3, 0.4) is 0 Å². The number of hydrazone groups is 1. The van der Waals surface area contributed by atoms with Crippen molar-refractivity contribution in [2.75, 3.05) is 24.5 Å². The summed E-state index contributed by atoms with van der Waals surface area (Å²) < 4.78 is 0. The van der Waals surface area contributed by atoms with Crippen LogP contribution < -0.4 is 10.3 Å². The molecule has 0 aromatic heterocycles. The van der Waals surface area contributed by atoms with E-state index in [2.05, 4.69) is 70.6 Å². The summed E-state index contributed by atoms with van der Waals surface area (Å²) in [5.74, 6) is -0.132. The minimum Gasteiger partial charge on any atom is -0.372 e. The molecule has 0 unspecified atom stereocenters. The van der Waals surface area contributed by atoms with E-state index in [1.54, 1.807) is 6.21 Å². The molecule has 5 heteroatoms. The summed E-state index contributed by atoms with van der Waals surface area (Å²) in [6.45, 7) is 7.90. The van der Waals surface area contributed by atoms with Crippen LogP contribution in [0, 0.1) is 0 Å². The van der Waals surface area contributed by atoms with Gasteiger partial charge in [-0.1, -0.05) is 72.8 Å². The highest BCUT2D eigenvalue weighted by atomic mass is 16.2. The van der Waals surface area contributed by atoms with Crippen LogP contribution in [0.25, 0.3) is 0 Å². The van der Waals surface area contributed by atoms with Gasteiger partial charge in [-0.05, 0) is 42.7 Å². The molecule has 3 aromatic carbocycles. The maximum absolute atomic E-state index is 12.6. The van der Waals surface area contributed by atoms with Gasteiger partial charge in [0.2, 0.25) is 0 Å². The average molecular weight is 429 g/mol. The Morgan fingerprint density at radius 2 is 1.34 bits per heavy atom. The third-order valence-electron chi connectivity index (χ3n) is 5.29. The Hall–Kier alpha value is -3.44. The van der Waals surface area contributed by atoms with Gasteiger partial charge in [0.1, 0.15) is 0 Å². The second-order valence-corrected chi connectivity index (χ2v) is 7.67. The first-order valence-corrected chi connectivity index (χ1v) is 11.1. The van der Waals surface area contributed by atoms with Crippen molar-refractivity contribution >= 4 is 17.8 Å². The number of benzene rings is 3. The van der Waals surface area contributed by atoms with Gasteiger partial charge >= 0.3 is 0 Å². The zero-order chi connectivity index (χ0) is 22.6. The van der Waals surface area contributed by atoms with E-state index in [1.807, 2.05) is 48.5 Å². The Morgan fingerprint density at radius 3 is 1.84 bits per heavy atom. The van der Waals surface area contributed by atoms with E-state index in [1.165, 1.54) is 16.8 Å². The van der Waals surface area contributed by atoms with Crippen molar-refractivity contribution in [3.63, 3.8) is 0 Å². The Labute approximate surface area is 191 Å². The van der Waals surface area contributed by atoms with Crippen molar-refractivity contribution in [1.82, 2.24) is 10.3 Å². The normalized spacial score (nSPS) is 11.1. The van der Waals surface area contributed by atoms with E-state index in [-0.39, 0.29) is 12.5 Å². The Morgan fingerprint density at radius 1 is 0.812 bits per heavy atom. The topological polar surface area (TPSA) is 47.9 Å². The fourth-order valence-electron chi connectivity index (χ4n) is 3.63. The Bertz CT molecular complexity index is 926. The zero-order valence-corrected chi connectivity index (χ0v) is 18.9. The lowest BCUT2D eigenvalue weighted by atomic mass is 10.1. The van der Waals surface area contributed by atoms with Gasteiger partial charge in [-0.15, -0.1) is 0 Å². The van der Waals surface area contributed by atoms with Crippen LogP contribution in [0.1, 0.15) is 30.5 Å². The quantitative estimate of drug-likeness (QED) is 0.356. The van der Waals surface area contributed by atoms with E-state index in [9.17, 15) is 4.79 Å². The van der Waals surface area contributed by atoms with Crippen molar-refractivity contribution in [3.05, 3.63) is 102 Å². The summed E-state index contributed by atoms with van der Waals surface area (Å²) in [5, 5.41) is 4.16. The summed E-state index contributed by atoms with van der Waals surface area (Å²) in [6, 6.07) is 28.6. The number of carbonyl (C=O) groups excluding carboxylic acids is 1. The molecule has 1 N–H and O–H groups in total. The average Bonchev–Trinajstić information content (AvgIpc) is 2.82. The highest BCUT2D eigenvalue weighted by molar-refractivity contribution is 5.83. The van der Waals surface area contributed by atoms with Crippen LogP contribution in [0.2, 0.25) is 0 Å². The smallest absolute Gasteiger partial charge is 0.254 e. The Kier molecular flexibility index (Phi) is 9.02. The van der Waals surface area contributed by atoms with Crippen molar-refractivity contribution in [2.45, 2.75) is 26.9 Å². The molecular formula is C27H32N4O. The van der Waals surface area contributed by atoms with Crippen LogP contribution in [0.4, 0.5) is 5.69 Å². The molecule has 0 atom stereocenters. The summed E-state index contributed by atoms with van der Waals surface area (Å²) in [4.78, 5) is 17.0. The molecule has 0 saturated carbocycles. The summed E-state index contributed by atoms with van der Waals surface area (Å²) in [7, 11) is 0. The second-order valence-electron chi connectivity index (χ2n) is 7.67. The SMILES string of the molecule is CCN(CC)c1ccc(/C=N/NC(=O)CN(Cc2ccccc2)Cc2ccccc2)cc1.